The number of benzene rings is 1. The van der Waals surface area contributed by atoms with E-state index in [9.17, 15) is 9.59 Å². The molecule has 120 valence electrons. The van der Waals surface area contributed by atoms with Gasteiger partial charge in [0.05, 0.1) is 0 Å². The lowest BCUT2D eigenvalue weighted by atomic mass is 10.0. The summed E-state index contributed by atoms with van der Waals surface area (Å²) in [4.78, 5) is 22.8. The molecule has 0 unspecified atom stereocenters. The van der Waals surface area contributed by atoms with Crippen LogP contribution in [0.2, 0.25) is 0 Å². The highest BCUT2D eigenvalue weighted by atomic mass is 16.5. The van der Waals surface area contributed by atoms with Crippen molar-refractivity contribution in [2.24, 2.45) is 5.92 Å². The second kappa shape index (κ2) is 7.29. The van der Waals surface area contributed by atoms with Crippen LogP contribution in [0.15, 0.2) is 12.1 Å². The summed E-state index contributed by atoms with van der Waals surface area (Å²) in [5, 5.41) is 11.7. The number of nitrogens with one attached hydrogen (secondary N) is 1. The summed E-state index contributed by atoms with van der Waals surface area (Å²) in [6, 6.07) is 3.49. The highest BCUT2D eigenvalue weighted by molar-refractivity contribution is 5.94. The van der Waals surface area contributed by atoms with E-state index in [1.54, 1.807) is 12.1 Å². The van der Waals surface area contributed by atoms with Crippen LogP contribution < -0.4 is 10.1 Å². The first kappa shape index (κ1) is 16.3. The van der Waals surface area contributed by atoms with Crippen molar-refractivity contribution in [3.63, 3.8) is 0 Å². The van der Waals surface area contributed by atoms with Crippen LogP contribution in [-0.4, -0.2) is 30.1 Å². The number of hydrogen-bond donors (Lipinski definition) is 2. The minimum atomic E-state index is -1.02. The van der Waals surface area contributed by atoms with E-state index in [-0.39, 0.29) is 12.5 Å². The van der Waals surface area contributed by atoms with Gasteiger partial charge in [-0.25, -0.2) is 4.79 Å². The van der Waals surface area contributed by atoms with Gasteiger partial charge >= 0.3 is 5.97 Å². The number of aliphatic carboxylic acids is 1. The first-order valence-electron chi connectivity index (χ1n) is 7.71. The predicted molar refractivity (Wildman–Crippen MR) is 83.3 cm³/mol. The molecule has 22 heavy (non-hydrogen) atoms. The summed E-state index contributed by atoms with van der Waals surface area (Å²) >= 11 is 0. The second-order valence-corrected chi connectivity index (χ2v) is 5.98. The fraction of sp³-hybridized carbons (Fsp3) is 0.529. The fourth-order valence-corrected chi connectivity index (χ4v) is 3.00. The van der Waals surface area contributed by atoms with Crippen molar-refractivity contribution in [3.05, 3.63) is 28.8 Å². The van der Waals surface area contributed by atoms with E-state index < -0.39 is 5.97 Å². The third-order valence-electron chi connectivity index (χ3n) is 4.09. The largest absolute Gasteiger partial charge is 0.481 e. The van der Waals surface area contributed by atoms with Gasteiger partial charge in [-0.15, -0.1) is 0 Å². The van der Waals surface area contributed by atoms with Gasteiger partial charge in [-0.05, 0) is 55.9 Å². The van der Waals surface area contributed by atoms with Crippen LogP contribution in [0.3, 0.4) is 0 Å². The molecular weight excluding hydrogens is 282 g/mol. The molecule has 1 fully saturated rings. The van der Waals surface area contributed by atoms with E-state index in [1.807, 2.05) is 13.8 Å². The number of amides is 1. The Morgan fingerprint density at radius 2 is 1.82 bits per heavy atom. The number of ether oxygens (including phenoxy) is 1. The summed E-state index contributed by atoms with van der Waals surface area (Å²) in [6.45, 7) is 3.99. The highest BCUT2D eigenvalue weighted by Crippen LogP contribution is 2.26. The van der Waals surface area contributed by atoms with Gasteiger partial charge in [0.1, 0.15) is 5.75 Å². The van der Waals surface area contributed by atoms with E-state index in [4.69, 9.17) is 9.84 Å². The van der Waals surface area contributed by atoms with Gasteiger partial charge < -0.3 is 15.2 Å². The van der Waals surface area contributed by atoms with Gasteiger partial charge in [-0.1, -0.05) is 12.8 Å². The molecule has 2 N–H and O–H groups in total. The van der Waals surface area contributed by atoms with Gasteiger partial charge in [-0.2, -0.15) is 0 Å². The maximum atomic E-state index is 12.2. The predicted octanol–water partition coefficient (Wildman–Crippen LogP) is 2.69. The molecule has 0 spiro atoms. The SMILES string of the molecule is Cc1cc(C(=O)NCC2CCCC2)cc(C)c1OCC(=O)O. The molecule has 0 bridgehead atoms. The van der Waals surface area contributed by atoms with Crippen molar-refractivity contribution in [2.45, 2.75) is 39.5 Å². The van der Waals surface area contributed by atoms with Crippen molar-refractivity contribution in [2.75, 3.05) is 13.2 Å². The van der Waals surface area contributed by atoms with Crippen molar-refractivity contribution < 1.29 is 19.4 Å². The standard InChI is InChI=1S/C17H23NO4/c1-11-7-14(8-12(2)16(11)22-10-15(19)20)17(21)18-9-13-5-3-4-6-13/h7-8,13H,3-6,9-10H2,1-2H3,(H,18,21)(H,19,20). The first-order valence-corrected chi connectivity index (χ1v) is 7.71. The Kier molecular flexibility index (Phi) is 5.41. The summed E-state index contributed by atoms with van der Waals surface area (Å²) < 4.78 is 5.27. The lowest BCUT2D eigenvalue weighted by Gasteiger charge is -2.14. The van der Waals surface area contributed by atoms with E-state index in [2.05, 4.69) is 5.32 Å². The monoisotopic (exact) mass is 305 g/mol. The van der Waals surface area contributed by atoms with Crippen LogP contribution in [0.25, 0.3) is 0 Å². The third-order valence-corrected chi connectivity index (χ3v) is 4.09. The lowest BCUT2D eigenvalue weighted by molar-refractivity contribution is -0.139. The Balaban J connectivity index is 2.01. The van der Waals surface area contributed by atoms with Gasteiger partial charge in [0, 0.05) is 12.1 Å². The number of aryl methyl sites for hydroxylation is 2. The number of carbonyl (C=O) groups excluding carboxylic acids is 1. The maximum Gasteiger partial charge on any atom is 0.341 e. The molecule has 0 aliphatic heterocycles. The second-order valence-electron chi connectivity index (χ2n) is 5.98. The van der Waals surface area contributed by atoms with Crippen LogP contribution in [0.5, 0.6) is 5.75 Å². The average Bonchev–Trinajstić information content (AvgIpc) is 2.96. The summed E-state index contributed by atoms with van der Waals surface area (Å²) in [5.74, 6) is 0.0409. The Bertz CT molecular complexity index is 539. The van der Waals surface area contributed by atoms with Crippen molar-refractivity contribution >= 4 is 11.9 Å². The molecule has 1 aromatic rings. The van der Waals surface area contributed by atoms with Crippen molar-refractivity contribution in [3.8, 4) is 5.75 Å². The zero-order chi connectivity index (χ0) is 16.1. The zero-order valence-electron chi connectivity index (χ0n) is 13.1. The van der Waals surface area contributed by atoms with E-state index in [1.165, 1.54) is 25.7 Å². The van der Waals surface area contributed by atoms with E-state index in [0.29, 0.717) is 17.2 Å². The first-order chi connectivity index (χ1) is 10.5. The number of carboxylic acid groups (broad SMARTS) is 1. The van der Waals surface area contributed by atoms with Gasteiger partial charge in [0.25, 0.3) is 5.91 Å². The Hall–Kier alpha value is -2.04. The maximum absolute atomic E-state index is 12.2. The number of hydrogen-bond acceptors (Lipinski definition) is 3. The minimum Gasteiger partial charge on any atom is -0.481 e. The summed E-state index contributed by atoms with van der Waals surface area (Å²) in [5.41, 5.74) is 2.13. The average molecular weight is 305 g/mol. The van der Waals surface area contributed by atoms with E-state index in [0.717, 1.165) is 17.7 Å². The molecule has 0 heterocycles. The number of carbonyl (C=O) groups is 2. The van der Waals surface area contributed by atoms with Crippen molar-refractivity contribution in [1.82, 2.24) is 5.32 Å². The number of carboxylic acids is 1. The molecule has 0 atom stereocenters. The van der Waals surface area contributed by atoms with Crippen LogP contribution in [-0.2, 0) is 4.79 Å². The molecule has 0 saturated heterocycles. The Labute approximate surface area is 130 Å². The zero-order valence-corrected chi connectivity index (χ0v) is 13.1. The molecule has 1 saturated carbocycles. The Morgan fingerprint density at radius 1 is 1.23 bits per heavy atom. The summed E-state index contributed by atoms with van der Waals surface area (Å²) in [7, 11) is 0. The van der Waals surface area contributed by atoms with E-state index >= 15 is 0 Å². The molecule has 1 aromatic carbocycles. The molecule has 5 heteroatoms. The molecule has 0 aromatic heterocycles. The highest BCUT2D eigenvalue weighted by Gasteiger charge is 2.17. The molecule has 5 nitrogen and oxygen atoms in total. The van der Waals surface area contributed by atoms with Gasteiger partial charge in [0.15, 0.2) is 6.61 Å². The molecule has 1 aliphatic carbocycles. The fourth-order valence-electron chi connectivity index (χ4n) is 3.00. The molecule has 2 rings (SSSR count). The molecular formula is C17H23NO4. The van der Waals surface area contributed by atoms with Crippen molar-refractivity contribution in [1.29, 1.82) is 0 Å². The van der Waals surface area contributed by atoms with Gasteiger partial charge in [0.2, 0.25) is 0 Å². The number of rotatable bonds is 6. The van der Waals surface area contributed by atoms with Crippen LogP contribution in [0, 0.1) is 19.8 Å². The van der Waals surface area contributed by atoms with Gasteiger partial charge in [-0.3, -0.25) is 4.79 Å². The minimum absolute atomic E-state index is 0.0807. The summed E-state index contributed by atoms with van der Waals surface area (Å²) in [6.07, 6.45) is 4.91. The molecule has 1 aliphatic rings. The van der Waals surface area contributed by atoms with Crippen LogP contribution >= 0.6 is 0 Å². The molecule has 0 radical (unpaired) electrons. The van der Waals surface area contributed by atoms with Crippen LogP contribution in [0.4, 0.5) is 0 Å². The van der Waals surface area contributed by atoms with Crippen LogP contribution in [0.1, 0.15) is 47.2 Å². The quantitative estimate of drug-likeness (QED) is 0.847. The third kappa shape index (κ3) is 4.23. The smallest absolute Gasteiger partial charge is 0.341 e. The topological polar surface area (TPSA) is 75.6 Å². The lowest BCUT2D eigenvalue weighted by Crippen LogP contribution is -2.28. The molecule has 1 amide bonds. The normalized spacial score (nSPS) is 14.8. The Morgan fingerprint density at radius 3 is 2.36 bits per heavy atom.